The van der Waals surface area contributed by atoms with E-state index in [2.05, 4.69) is 30.5 Å². The minimum atomic E-state index is -0.379. The number of benzene rings is 2. The van der Waals surface area contributed by atoms with Gasteiger partial charge >= 0.3 is 0 Å². The monoisotopic (exact) mass is 380 g/mol. The van der Waals surface area contributed by atoms with E-state index >= 15 is 0 Å². The normalized spacial score (nSPS) is 11.7. The predicted octanol–water partition coefficient (Wildman–Crippen LogP) is 5.63. The van der Waals surface area contributed by atoms with E-state index in [4.69, 9.17) is 35.4 Å². The molecule has 126 valence electrons. The summed E-state index contributed by atoms with van der Waals surface area (Å²) < 4.78 is 0. The molecule has 0 fully saturated rings. The fraction of sp³-hybridized carbons (Fsp3) is 0.222. The van der Waals surface area contributed by atoms with Crippen LogP contribution in [0, 0.1) is 0 Å². The van der Waals surface area contributed by atoms with Crippen LogP contribution in [0.5, 0.6) is 0 Å². The standard InChI is InChI=1S/C18H18Cl2N2OS/c1-3-11(2)13-6-4-5-7-16(13)21-18(24)22-17(23)14-9-8-12(19)10-15(14)20/h4-11H,3H2,1-2H3,(H2,21,22,23,24)/t11-/m0/s1. The molecule has 2 rings (SSSR count). The molecule has 1 atom stereocenters. The van der Waals surface area contributed by atoms with Gasteiger partial charge in [0.15, 0.2) is 5.11 Å². The Labute approximate surface area is 157 Å². The summed E-state index contributed by atoms with van der Waals surface area (Å²) >= 11 is 17.1. The maximum Gasteiger partial charge on any atom is 0.258 e. The molecule has 0 saturated carbocycles. The van der Waals surface area contributed by atoms with Gasteiger partial charge < -0.3 is 5.32 Å². The van der Waals surface area contributed by atoms with Crippen LogP contribution in [0.1, 0.15) is 42.1 Å². The number of nitrogens with one attached hydrogen (secondary N) is 2. The highest BCUT2D eigenvalue weighted by atomic mass is 35.5. The second kappa shape index (κ2) is 8.47. The molecule has 2 N–H and O–H groups in total. The van der Waals surface area contributed by atoms with Crippen LogP contribution >= 0.6 is 35.4 Å². The lowest BCUT2D eigenvalue weighted by atomic mass is 9.97. The molecular weight excluding hydrogens is 363 g/mol. The van der Waals surface area contributed by atoms with E-state index in [9.17, 15) is 4.79 Å². The molecular formula is C18H18Cl2N2OS. The third-order valence-electron chi connectivity index (χ3n) is 3.76. The molecule has 0 saturated heterocycles. The second-order valence-corrected chi connectivity index (χ2v) is 6.68. The van der Waals surface area contributed by atoms with Crippen LogP contribution in [-0.4, -0.2) is 11.0 Å². The van der Waals surface area contributed by atoms with Gasteiger partial charge in [0.1, 0.15) is 0 Å². The summed E-state index contributed by atoms with van der Waals surface area (Å²) in [4.78, 5) is 12.3. The van der Waals surface area contributed by atoms with Gasteiger partial charge in [0.2, 0.25) is 0 Å². The third-order valence-corrected chi connectivity index (χ3v) is 4.51. The van der Waals surface area contributed by atoms with Crippen molar-refractivity contribution in [3.8, 4) is 0 Å². The molecule has 0 bridgehead atoms. The van der Waals surface area contributed by atoms with E-state index < -0.39 is 0 Å². The highest BCUT2D eigenvalue weighted by molar-refractivity contribution is 7.80. The Bertz CT molecular complexity index is 764. The molecule has 2 aromatic carbocycles. The molecule has 0 aromatic heterocycles. The average molecular weight is 381 g/mol. The van der Waals surface area contributed by atoms with Gasteiger partial charge in [0.05, 0.1) is 10.6 Å². The number of hydrogen-bond acceptors (Lipinski definition) is 2. The van der Waals surface area contributed by atoms with Crippen molar-refractivity contribution in [1.29, 1.82) is 0 Å². The van der Waals surface area contributed by atoms with E-state index in [1.54, 1.807) is 12.1 Å². The molecule has 2 aromatic rings. The minimum absolute atomic E-state index is 0.224. The molecule has 24 heavy (non-hydrogen) atoms. The number of anilines is 1. The summed E-state index contributed by atoms with van der Waals surface area (Å²) in [7, 11) is 0. The Morgan fingerprint density at radius 3 is 2.58 bits per heavy atom. The first-order chi connectivity index (χ1) is 11.4. The molecule has 0 radical (unpaired) electrons. The number of halogens is 2. The van der Waals surface area contributed by atoms with Crippen molar-refractivity contribution < 1.29 is 4.79 Å². The van der Waals surface area contributed by atoms with Crippen LogP contribution in [0.25, 0.3) is 0 Å². The van der Waals surface area contributed by atoms with Crippen LogP contribution < -0.4 is 10.6 Å². The van der Waals surface area contributed by atoms with Crippen molar-refractivity contribution >= 4 is 52.1 Å². The molecule has 6 heteroatoms. The molecule has 0 spiro atoms. The summed E-state index contributed by atoms with van der Waals surface area (Å²) in [5.41, 5.74) is 2.36. The zero-order chi connectivity index (χ0) is 17.7. The van der Waals surface area contributed by atoms with E-state index in [-0.39, 0.29) is 16.0 Å². The lowest BCUT2D eigenvalue weighted by molar-refractivity contribution is 0.0978. The van der Waals surface area contributed by atoms with Gasteiger partial charge in [-0.15, -0.1) is 0 Å². The zero-order valence-electron chi connectivity index (χ0n) is 13.4. The molecule has 0 heterocycles. The minimum Gasteiger partial charge on any atom is -0.332 e. The Hall–Kier alpha value is -1.62. The van der Waals surface area contributed by atoms with Crippen LogP contribution in [0.2, 0.25) is 10.0 Å². The van der Waals surface area contributed by atoms with Crippen molar-refractivity contribution in [1.82, 2.24) is 5.32 Å². The Morgan fingerprint density at radius 1 is 1.21 bits per heavy atom. The first-order valence-electron chi connectivity index (χ1n) is 7.58. The summed E-state index contributed by atoms with van der Waals surface area (Å²) in [6.07, 6.45) is 1.01. The number of carbonyl (C=O) groups excluding carboxylic acids is 1. The number of thiocarbonyl (C=S) groups is 1. The predicted molar refractivity (Wildman–Crippen MR) is 105 cm³/mol. The highest BCUT2D eigenvalue weighted by Crippen LogP contribution is 2.26. The van der Waals surface area contributed by atoms with Gasteiger partial charge in [0.25, 0.3) is 5.91 Å². The molecule has 0 unspecified atom stereocenters. The van der Waals surface area contributed by atoms with Gasteiger partial charge in [-0.25, -0.2) is 0 Å². The first-order valence-corrected chi connectivity index (χ1v) is 8.75. The van der Waals surface area contributed by atoms with Crippen LogP contribution in [0.3, 0.4) is 0 Å². The van der Waals surface area contributed by atoms with Gasteiger partial charge in [-0.05, 0) is 54.4 Å². The van der Waals surface area contributed by atoms with Crippen LogP contribution in [-0.2, 0) is 0 Å². The van der Waals surface area contributed by atoms with Crippen molar-refractivity contribution in [2.75, 3.05) is 5.32 Å². The van der Waals surface area contributed by atoms with E-state index in [1.165, 1.54) is 6.07 Å². The highest BCUT2D eigenvalue weighted by Gasteiger charge is 2.14. The number of hydrogen-bond donors (Lipinski definition) is 2. The maximum absolute atomic E-state index is 12.3. The fourth-order valence-electron chi connectivity index (χ4n) is 2.26. The maximum atomic E-state index is 12.3. The molecule has 1 amide bonds. The Balaban J connectivity index is 2.10. The third kappa shape index (κ3) is 4.69. The Kier molecular flexibility index (Phi) is 6.60. The van der Waals surface area contributed by atoms with Gasteiger partial charge in [-0.2, -0.15) is 0 Å². The number of rotatable bonds is 4. The summed E-state index contributed by atoms with van der Waals surface area (Å²) in [6.45, 7) is 4.28. The zero-order valence-corrected chi connectivity index (χ0v) is 15.7. The average Bonchev–Trinajstić information content (AvgIpc) is 2.54. The molecule has 0 aliphatic carbocycles. The van der Waals surface area contributed by atoms with Crippen molar-refractivity contribution in [3.63, 3.8) is 0 Å². The smallest absolute Gasteiger partial charge is 0.258 e. The van der Waals surface area contributed by atoms with E-state index in [0.717, 1.165) is 17.7 Å². The number of carbonyl (C=O) groups is 1. The lowest BCUT2D eigenvalue weighted by Gasteiger charge is -2.17. The quantitative estimate of drug-likeness (QED) is 0.674. The van der Waals surface area contributed by atoms with Crippen molar-refractivity contribution in [3.05, 3.63) is 63.6 Å². The first kappa shape index (κ1) is 18.7. The van der Waals surface area contributed by atoms with Crippen molar-refractivity contribution in [2.24, 2.45) is 0 Å². The topological polar surface area (TPSA) is 41.1 Å². The van der Waals surface area contributed by atoms with Crippen LogP contribution in [0.15, 0.2) is 42.5 Å². The summed E-state index contributed by atoms with van der Waals surface area (Å²) in [5.74, 6) is 0.00750. The summed E-state index contributed by atoms with van der Waals surface area (Å²) in [6, 6.07) is 12.6. The largest absolute Gasteiger partial charge is 0.332 e. The Morgan fingerprint density at radius 2 is 1.92 bits per heavy atom. The van der Waals surface area contributed by atoms with E-state index in [0.29, 0.717) is 16.5 Å². The van der Waals surface area contributed by atoms with E-state index in [1.807, 2.05) is 18.2 Å². The lowest BCUT2D eigenvalue weighted by Crippen LogP contribution is -2.34. The van der Waals surface area contributed by atoms with Gasteiger partial charge in [-0.3, -0.25) is 10.1 Å². The molecule has 3 nitrogen and oxygen atoms in total. The van der Waals surface area contributed by atoms with Crippen LogP contribution in [0.4, 0.5) is 5.69 Å². The second-order valence-electron chi connectivity index (χ2n) is 5.43. The fourth-order valence-corrected chi connectivity index (χ4v) is 2.96. The molecule has 0 aliphatic rings. The van der Waals surface area contributed by atoms with Gasteiger partial charge in [-0.1, -0.05) is 55.2 Å². The SMILES string of the molecule is CC[C@H](C)c1ccccc1NC(=S)NC(=O)c1ccc(Cl)cc1Cl. The molecule has 0 aliphatic heterocycles. The number of amides is 1. The number of para-hydroxylation sites is 1. The summed E-state index contributed by atoms with van der Waals surface area (Å²) in [5, 5.41) is 6.71. The van der Waals surface area contributed by atoms with Gasteiger partial charge in [0, 0.05) is 10.7 Å². The van der Waals surface area contributed by atoms with Crippen molar-refractivity contribution in [2.45, 2.75) is 26.2 Å².